The maximum atomic E-state index is 12.9. The Bertz CT molecular complexity index is 998. The van der Waals surface area contributed by atoms with Gasteiger partial charge in [0.15, 0.2) is 6.10 Å². The van der Waals surface area contributed by atoms with E-state index < -0.39 is 6.10 Å². The average Bonchev–Trinajstić information content (AvgIpc) is 3.32. The van der Waals surface area contributed by atoms with Crippen LogP contribution in [0.3, 0.4) is 0 Å². The number of hydrogen-bond acceptors (Lipinski definition) is 6. The predicted molar refractivity (Wildman–Crippen MR) is 284 cm³/mol. The lowest BCUT2D eigenvalue weighted by molar-refractivity contribution is -0.167. The molecule has 0 rings (SSSR count). The van der Waals surface area contributed by atoms with Crippen molar-refractivity contribution in [3.63, 3.8) is 0 Å². The second-order valence-corrected chi connectivity index (χ2v) is 20.9. The Hall–Kier alpha value is -1.59. The highest BCUT2D eigenvalue weighted by atomic mass is 16.6. The van der Waals surface area contributed by atoms with Crippen molar-refractivity contribution in [2.24, 2.45) is 5.92 Å². The van der Waals surface area contributed by atoms with Crippen LogP contribution in [-0.2, 0) is 28.6 Å². The second-order valence-electron chi connectivity index (χ2n) is 20.9. The van der Waals surface area contributed by atoms with Crippen LogP contribution < -0.4 is 0 Å². The van der Waals surface area contributed by atoms with Gasteiger partial charge in [0.25, 0.3) is 0 Å². The van der Waals surface area contributed by atoms with E-state index in [1.807, 2.05) is 0 Å². The molecule has 0 aliphatic carbocycles. The van der Waals surface area contributed by atoms with E-state index in [0.29, 0.717) is 19.3 Å². The largest absolute Gasteiger partial charge is 0.462 e. The van der Waals surface area contributed by atoms with Crippen LogP contribution in [0.1, 0.15) is 342 Å². The van der Waals surface area contributed by atoms with Crippen molar-refractivity contribution < 1.29 is 28.6 Å². The van der Waals surface area contributed by atoms with Crippen molar-refractivity contribution in [1.82, 2.24) is 0 Å². The van der Waals surface area contributed by atoms with Gasteiger partial charge in [-0.25, -0.2) is 0 Å². The van der Waals surface area contributed by atoms with Crippen LogP contribution in [0.25, 0.3) is 0 Å². The van der Waals surface area contributed by atoms with Crippen LogP contribution in [-0.4, -0.2) is 37.2 Å². The third-order valence-corrected chi connectivity index (χ3v) is 14.2. The van der Waals surface area contributed by atoms with E-state index in [-0.39, 0.29) is 31.1 Å². The van der Waals surface area contributed by atoms with E-state index in [1.165, 1.54) is 238 Å². The Morgan fingerprint density at radius 2 is 0.530 bits per heavy atom. The minimum atomic E-state index is -0.762. The summed E-state index contributed by atoms with van der Waals surface area (Å²) >= 11 is 0. The van der Waals surface area contributed by atoms with Gasteiger partial charge in [-0.2, -0.15) is 0 Å². The van der Waals surface area contributed by atoms with E-state index in [9.17, 15) is 14.4 Å². The summed E-state index contributed by atoms with van der Waals surface area (Å²) in [6.45, 7) is 9.09. The summed E-state index contributed by atoms with van der Waals surface area (Å²) in [5.41, 5.74) is 0. The van der Waals surface area contributed by atoms with Gasteiger partial charge in [0.1, 0.15) is 13.2 Å². The van der Waals surface area contributed by atoms with Crippen molar-refractivity contribution in [3.05, 3.63) is 0 Å². The second kappa shape index (κ2) is 54.4. The third kappa shape index (κ3) is 51.8. The van der Waals surface area contributed by atoms with E-state index in [2.05, 4.69) is 27.7 Å². The van der Waals surface area contributed by atoms with E-state index in [1.54, 1.807) is 0 Å². The molecule has 0 aromatic heterocycles. The lowest BCUT2D eigenvalue weighted by atomic mass is 9.99. The van der Waals surface area contributed by atoms with Crippen molar-refractivity contribution in [2.45, 2.75) is 348 Å². The molecule has 6 heteroatoms. The van der Waals surface area contributed by atoms with Gasteiger partial charge in [-0.05, 0) is 25.2 Å². The Balaban J connectivity index is 4.29. The molecule has 66 heavy (non-hydrogen) atoms. The molecular formula is C60H116O6. The minimum absolute atomic E-state index is 0.0619. The Morgan fingerprint density at radius 3 is 0.788 bits per heavy atom. The van der Waals surface area contributed by atoms with Gasteiger partial charge in [0, 0.05) is 19.3 Å². The molecule has 0 aliphatic rings. The highest BCUT2D eigenvalue weighted by Crippen LogP contribution is 2.19. The molecule has 0 aromatic carbocycles. The van der Waals surface area contributed by atoms with Crippen LogP contribution in [0.5, 0.6) is 0 Å². The molecular weight excluding hydrogens is 817 g/mol. The Kier molecular flexibility index (Phi) is 53.0. The lowest BCUT2D eigenvalue weighted by Gasteiger charge is -2.18. The maximum Gasteiger partial charge on any atom is 0.306 e. The van der Waals surface area contributed by atoms with Crippen molar-refractivity contribution in [3.8, 4) is 0 Å². The zero-order valence-electron chi connectivity index (χ0n) is 45.2. The van der Waals surface area contributed by atoms with Gasteiger partial charge >= 0.3 is 17.9 Å². The maximum absolute atomic E-state index is 12.9. The van der Waals surface area contributed by atoms with Crippen molar-refractivity contribution in [1.29, 1.82) is 0 Å². The molecule has 0 radical (unpaired) electrons. The summed E-state index contributed by atoms with van der Waals surface area (Å²) in [4.78, 5) is 38.2. The Labute approximate surface area is 412 Å². The molecule has 0 saturated heterocycles. The van der Waals surface area contributed by atoms with E-state index >= 15 is 0 Å². The summed E-state index contributed by atoms with van der Waals surface area (Å²) in [6, 6.07) is 0. The number of rotatable bonds is 55. The monoisotopic (exact) mass is 933 g/mol. The molecule has 0 N–H and O–H groups in total. The SMILES string of the molecule is CCCCCCCCCCCCCCCCCCCCCC(=O)O[C@@H](COC(=O)CCCCCCCCCCCCCCCCC)COC(=O)CCCCCCCCCCCCC(C)CC. The van der Waals surface area contributed by atoms with Crippen LogP contribution in [0.15, 0.2) is 0 Å². The first kappa shape index (κ1) is 64.4. The number of ether oxygens (including phenoxy) is 3. The first-order valence-electron chi connectivity index (χ1n) is 29.9. The summed E-state index contributed by atoms with van der Waals surface area (Å²) < 4.78 is 16.9. The molecule has 0 amide bonds. The van der Waals surface area contributed by atoms with Gasteiger partial charge in [-0.3, -0.25) is 14.4 Å². The number of carbonyl (C=O) groups excluding carboxylic acids is 3. The average molecular weight is 934 g/mol. The van der Waals surface area contributed by atoms with E-state index in [4.69, 9.17) is 14.2 Å². The van der Waals surface area contributed by atoms with Crippen LogP contribution in [0.2, 0.25) is 0 Å². The summed E-state index contributed by atoms with van der Waals surface area (Å²) in [6.07, 6.45) is 59.5. The fraction of sp³-hybridized carbons (Fsp3) is 0.950. The molecule has 0 fully saturated rings. The fourth-order valence-corrected chi connectivity index (χ4v) is 9.25. The first-order valence-corrected chi connectivity index (χ1v) is 29.9. The van der Waals surface area contributed by atoms with Gasteiger partial charge in [0.2, 0.25) is 0 Å². The highest BCUT2D eigenvalue weighted by Gasteiger charge is 2.19. The van der Waals surface area contributed by atoms with Gasteiger partial charge in [0.05, 0.1) is 0 Å². The minimum Gasteiger partial charge on any atom is -0.462 e. The molecule has 0 bridgehead atoms. The number of esters is 3. The number of unbranched alkanes of at least 4 members (excludes halogenated alkanes) is 41. The smallest absolute Gasteiger partial charge is 0.306 e. The standard InChI is InChI=1S/C60H116O6/c1-5-8-10-12-14-16-18-20-22-23-24-25-27-29-31-37-41-45-49-53-60(63)66-57(55-65-59(62)52-48-44-40-36-33-32-34-38-42-46-50-56(4)7-3)54-64-58(61)51-47-43-39-35-30-28-26-21-19-17-15-13-11-9-6-2/h56-57H,5-55H2,1-4H3/t56?,57-/m0/s1. The highest BCUT2D eigenvalue weighted by molar-refractivity contribution is 5.71. The fourth-order valence-electron chi connectivity index (χ4n) is 9.25. The molecule has 392 valence electrons. The topological polar surface area (TPSA) is 78.9 Å². The molecule has 0 spiro atoms. The third-order valence-electron chi connectivity index (χ3n) is 14.2. The molecule has 2 atom stereocenters. The molecule has 0 heterocycles. The lowest BCUT2D eigenvalue weighted by Crippen LogP contribution is -2.30. The van der Waals surface area contributed by atoms with Crippen molar-refractivity contribution in [2.75, 3.05) is 13.2 Å². The van der Waals surface area contributed by atoms with Crippen LogP contribution in [0.4, 0.5) is 0 Å². The predicted octanol–water partition coefficient (Wildman–Crippen LogP) is 19.8. The molecule has 1 unspecified atom stereocenters. The molecule has 0 aromatic rings. The van der Waals surface area contributed by atoms with Crippen LogP contribution >= 0.6 is 0 Å². The van der Waals surface area contributed by atoms with Crippen molar-refractivity contribution >= 4 is 17.9 Å². The van der Waals surface area contributed by atoms with Gasteiger partial charge in [-0.15, -0.1) is 0 Å². The summed E-state index contributed by atoms with van der Waals surface area (Å²) in [5.74, 6) is 0.0358. The summed E-state index contributed by atoms with van der Waals surface area (Å²) in [5, 5.41) is 0. The Morgan fingerprint density at radius 1 is 0.303 bits per heavy atom. The summed E-state index contributed by atoms with van der Waals surface area (Å²) in [7, 11) is 0. The van der Waals surface area contributed by atoms with Gasteiger partial charge < -0.3 is 14.2 Å². The van der Waals surface area contributed by atoms with E-state index in [0.717, 1.165) is 63.7 Å². The first-order chi connectivity index (χ1) is 32.4. The number of carbonyl (C=O) groups is 3. The quantitative estimate of drug-likeness (QED) is 0.0343. The zero-order valence-corrected chi connectivity index (χ0v) is 45.2. The molecule has 0 saturated carbocycles. The van der Waals surface area contributed by atoms with Crippen LogP contribution in [0, 0.1) is 5.92 Å². The normalized spacial score (nSPS) is 12.4. The molecule has 0 aliphatic heterocycles. The zero-order chi connectivity index (χ0) is 48.1. The number of hydrogen-bond donors (Lipinski definition) is 0. The molecule has 6 nitrogen and oxygen atoms in total. The van der Waals surface area contributed by atoms with Gasteiger partial charge in [-0.1, -0.05) is 304 Å².